The van der Waals surface area contributed by atoms with Gasteiger partial charge in [-0.15, -0.1) is 0 Å². The van der Waals surface area contributed by atoms with Gasteiger partial charge in [0.1, 0.15) is 5.76 Å². The number of pyridine rings is 1. The largest absolute Gasteiger partial charge is 0.492 e. The van der Waals surface area contributed by atoms with Gasteiger partial charge in [0.15, 0.2) is 0 Å². The zero-order chi connectivity index (χ0) is 15.3. The summed E-state index contributed by atoms with van der Waals surface area (Å²) in [6, 6.07) is 17.1. The molecule has 0 saturated carbocycles. The van der Waals surface area contributed by atoms with Crippen molar-refractivity contribution in [1.29, 1.82) is 0 Å². The molecule has 0 aliphatic carbocycles. The molecule has 1 aromatic carbocycles. The Morgan fingerprint density at radius 1 is 1.05 bits per heavy atom. The topological polar surface area (TPSA) is 42.1 Å². The first-order chi connectivity index (χ1) is 10.3. The predicted octanol–water partition coefficient (Wildman–Crippen LogP) is 4.24. The van der Waals surface area contributed by atoms with E-state index in [-0.39, 0.29) is 5.56 Å². The van der Waals surface area contributed by atoms with Crippen LogP contribution in [0.2, 0.25) is 0 Å². The predicted molar refractivity (Wildman–Crippen MR) is 88.0 cm³/mol. The van der Waals surface area contributed by atoms with E-state index in [2.05, 4.69) is 11.9 Å². The van der Waals surface area contributed by atoms with Crippen molar-refractivity contribution in [2.75, 3.05) is 6.61 Å². The van der Waals surface area contributed by atoms with Crippen LogP contribution >= 0.6 is 0 Å². The lowest BCUT2D eigenvalue weighted by Gasteiger charge is -2.09. The molecule has 0 saturated heterocycles. The highest BCUT2D eigenvalue weighted by atomic mass is 16.5. The van der Waals surface area contributed by atoms with E-state index < -0.39 is 0 Å². The number of rotatable bonds is 5. The molecule has 0 amide bonds. The number of aromatic nitrogens is 1. The van der Waals surface area contributed by atoms with Gasteiger partial charge in [-0.3, -0.25) is 4.79 Å². The van der Waals surface area contributed by atoms with Crippen LogP contribution in [0.1, 0.15) is 32.4 Å². The molecule has 0 aliphatic heterocycles. The van der Waals surface area contributed by atoms with Crippen molar-refractivity contribution in [1.82, 2.24) is 4.98 Å². The second-order valence-corrected chi connectivity index (χ2v) is 4.41. The zero-order valence-electron chi connectivity index (χ0n) is 12.7. The molecule has 112 valence electrons. The first kappa shape index (κ1) is 16.8. The SMILES string of the molecule is CC/C=C(/OCCC)c1cccc(=O)[nH]1.c1ccccc1. The average molecular weight is 285 g/mol. The summed E-state index contributed by atoms with van der Waals surface area (Å²) in [5.74, 6) is 0.761. The first-order valence-corrected chi connectivity index (χ1v) is 7.30. The first-order valence-electron chi connectivity index (χ1n) is 7.30. The van der Waals surface area contributed by atoms with Gasteiger partial charge < -0.3 is 9.72 Å². The molecule has 1 N–H and O–H groups in total. The molecule has 0 fully saturated rings. The molecule has 0 unspecified atom stereocenters. The maximum absolute atomic E-state index is 11.1. The lowest BCUT2D eigenvalue weighted by atomic mass is 10.2. The van der Waals surface area contributed by atoms with Gasteiger partial charge in [0.2, 0.25) is 5.56 Å². The quantitative estimate of drug-likeness (QED) is 0.835. The summed E-state index contributed by atoms with van der Waals surface area (Å²) in [6.45, 7) is 4.76. The summed E-state index contributed by atoms with van der Waals surface area (Å²) in [5.41, 5.74) is 0.646. The maximum Gasteiger partial charge on any atom is 0.248 e. The maximum atomic E-state index is 11.1. The molecule has 3 nitrogen and oxygen atoms in total. The Labute approximate surface area is 126 Å². The van der Waals surface area contributed by atoms with Crippen molar-refractivity contribution >= 4 is 5.76 Å². The van der Waals surface area contributed by atoms with Crippen LogP contribution in [0, 0.1) is 0 Å². The Morgan fingerprint density at radius 3 is 2.14 bits per heavy atom. The third-order valence-electron chi connectivity index (χ3n) is 2.55. The van der Waals surface area contributed by atoms with Crippen LogP contribution in [0.15, 0.2) is 65.5 Å². The van der Waals surface area contributed by atoms with Crippen LogP contribution in [-0.4, -0.2) is 11.6 Å². The van der Waals surface area contributed by atoms with Gasteiger partial charge in [-0.1, -0.05) is 56.3 Å². The third kappa shape index (κ3) is 7.16. The molecule has 1 aromatic heterocycles. The van der Waals surface area contributed by atoms with Crippen LogP contribution in [0.3, 0.4) is 0 Å². The Bertz CT molecular complexity index is 546. The van der Waals surface area contributed by atoms with Crippen LogP contribution in [0.5, 0.6) is 0 Å². The van der Waals surface area contributed by atoms with Gasteiger partial charge >= 0.3 is 0 Å². The van der Waals surface area contributed by atoms with Gasteiger partial charge in [0.25, 0.3) is 0 Å². The highest BCUT2D eigenvalue weighted by molar-refractivity contribution is 5.55. The van der Waals surface area contributed by atoms with Gasteiger partial charge in [-0.2, -0.15) is 0 Å². The molecule has 0 radical (unpaired) electrons. The van der Waals surface area contributed by atoms with Crippen LogP contribution in [-0.2, 0) is 4.74 Å². The van der Waals surface area contributed by atoms with E-state index in [4.69, 9.17) is 4.74 Å². The lowest BCUT2D eigenvalue weighted by Crippen LogP contribution is -2.07. The van der Waals surface area contributed by atoms with Crippen LogP contribution in [0.4, 0.5) is 0 Å². The van der Waals surface area contributed by atoms with Crippen molar-refractivity contribution in [3.8, 4) is 0 Å². The summed E-state index contributed by atoms with van der Waals surface area (Å²) >= 11 is 0. The lowest BCUT2D eigenvalue weighted by molar-refractivity contribution is 0.275. The summed E-state index contributed by atoms with van der Waals surface area (Å²) in [7, 11) is 0. The smallest absolute Gasteiger partial charge is 0.248 e. The fourth-order valence-corrected chi connectivity index (χ4v) is 1.62. The van der Waals surface area contributed by atoms with Crippen molar-refractivity contribution in [3.63, 3.8) is 0 Å². The second kappa shape index (κ2) is 10.5. The van der Waals surface area contributed by atoms with E-state index in [0.29, 0.717) is 6.61 Å². The van der Waals surface area contributed by atoms with E-state index in [1.807, 2.05) is 55.5 Å². The number of hydrogen-bond acceptors (Lipinski definition) is 2. The van der Waals surface area contributed by atoms with E-state index in [0.717, 1.165) is 24.3 Å². The summed E-state index contributed by atoms with van der Waals surface area (Å²) in [5, 5.41) is 0. The molecular weight excluding hydrogens is 262 g/mol. The van der Waals surface area contributed by atoms with Gasteiger partial charge in [0.05, 0.1) is 12.3 Å². The number of aromatic amines is 1. The molecule has 1 heterocycles. The fourth-order valence-electron chi connectivity index (χ4n) is 1.62. The molecule has 2 aromatic rings. The number of nitrogens with one attached hydrogen (secondary N) is 1. The summed E-state index contributed by atoms with van der Waals surface area (Å²) in [6.07, 6.45) is 3.81. The number of benzene rings is 1. The molecule has 0 bridgehead atoms. The van der Waals surface area contributed by atoms with Crippen LogP contribution < -0.4 is 5.56 Å². The fraction of sp³-hybridized carbons (Fsp3) is 0.278. The minimum absolute atomic E-state index is 0.102. The standard InChI is InChI=1S/C12H17NO2.C6H6/c1-3-6-11(15-9-4-2)10-7-5-8-12(14)13-10;1-2-4-6-5-3-1/h5-8H,3-4,9H2,1-2H3,(H,13,14);1-6H/b11-6+;. The molecule has 21 heavy (non-hydrogen) atoms. The minimum atomic E-state index is -0.102. The second-order valence-electron chi connectivity index (χ2n) is 4.41. The van der Waals surface area contributed by atoms with E-state index in [1.165, 1.54) is 6.07 Å². The number of H-pyrrole nitrogens is 1. The van der Waals surface area contributed by atoms with Crippen molar-refractivity contribution in [2.45, 2.75) is 26.7 Å². The van der Waals surface area contributed by atoms with E-state index in [9.17, 15) is 4.79 Å². The van der Waals surface area contributed by atoms with E-state index >= 15 is 0 Å². The molecule has 3 heteroatoms. The highest BCUT2D eigenvalue weighted by Crippen LogP contribution is 2.12. The Hall–Kier alpha value is -2.29. The average Bonchev–Trinajstić information content (AvgIpc) is 2.54. The summed E-state index contributed by atoms with van der Waals surface area (Å²) in [4.78, 5) is 13.9. The Morgan fingerprint density at radius 2 is 1.67 bits per heavy atom. The van der Waals surface area contributed by atoms with Gasteiger partial charge in [-0.25, -0.2) is 0 Å². The summed E-state index contributed by atoms with van der Waals surface area (Å²) < 4.78 is 5.56. The molecular formula is C18H23NO2. The zero-order valence-corrected chi connectivity index (χ0v) is 12.7. The number of allylic oxidation sites excluding steroid dienone is 1. The molecule has 0 spiro atoms. The Kier molecular flexibility index (Phi) is 8.38. The highest BCUT2D eigenvalue weighted by Gasteiger charge is 2.02. The molecule has 2 rings (SSSR count). The monoisotopic (exact) mass is 285 g/mol. The van der Waals surface area contributed by atoms with Gasteiger partial charge in [-0.05, 0) is 25.0 Å². The van der Waals surface area contributed by atoms with Crippen molar-refractivity contribution in [2.24, 2.45) is 0 Å². The van der Waals surface area contributed by atoms with Crippen molar-refractivity contribution in [3.05, 3.63) is 76.7 Å². The number of hydrogen-bond donors (Lipinski definition) is 1. The molecule has 0 atom stereocenters. The van der Waals surface area contributed by atoms with Crippen LogP contribution in [0.25, 0.3) is 5.76 Å². The van der Waals surface area contributed by atoms with Gasteiger partial charge in [0, 0.05) is 6.07 Å². The third-order valence-corrected chi connectivity index (χ3v) is 2.55. The normalized spacial score (nSPS) is 10.5. The molecule has 0 aliphatic rings. The Balaban J connectivity index is 0.000000304. The van der Waals surface area contributed by atoms with E-state index in [1.54, 1.807) is 6.07 Å². The van der Waals surface area contributed by atoms with Crippen molar-refractivity contribution < 1.29 is 4.74 Å². The number of ether oxygens (including phenoxy) is 1. The minimum Gasteiger partial charge on any atom is -0.492 e.